The molecular weight excluding hydrogens is 475 g/mol. The summed E-state index contributed by atoms with van der Waals surface area (Å²) in [5.74, 6) is 1.03. The van der Waals surface area contributed by atoms with Crippen molar-refractivity contribution >= 4 is 16.7 Å². The Bertz CT molecular complexity index is 1710. The second kappa shape index (κ2) is 8.18. The van der Waals surface area contributed by atoms with Crippen LogP contribution in [0.1, 0.15) is 42.6 Å². The molecule has 1 aromatic carbocycles. The fourth-order valence-electron chi connectivity index (χ4n) is 4.69. The third-order valence-corrected chi connectivity index (χ3v) is 6.50. The smallest absolute Gasteiger partial charge is 0.316 e. The zero-order chi connectivity index (χ0) is 25.0. The lowest BCUT2D eigenvalue weighted by atomic mass is 10.1. The third kappa shape index (κ3) is 3.88. The number of nitrogens with one attached hydrogen (secondary N) is 2. The maximum Gasteiger partial charge on any atom is 0.409 e. The van der Waals surface area contributed by atoms with E-state index in [0.29, 0.717) is 40.5 Å². The molecule has 0 radical (unpaired) electrons. The van der Waals surface area contributed by atoms with Gasteiger partial charge in [0.1, 0.15) is 11.9 Å². The summed E-state index contributed by atoms with van der Waals surface area (Å²) >= 11 is 0. The van der Waals surface area contributed by atoms with Crippen molar-refractivity contribution in [2.75, 3.05) is 0 Å². The number of aryl methyl sites for hydroxylation is 1. The minimum atomic E-state index is -4.19. The quantitative estimate of drug-likeness (QED) is 0.387. The number of rotatable bonds is 2. The van der Waals surface area contributed by atoms with Crippen molar-refractivity contribution in [2.24, 2.45) is 0 Å². The zero-order valence-electron chi connectivity index (χ0n) is 18.8. The molecule has 1 fully saturated rings. The SMILES string of the molecule is FC(F)(F)C1CCc2nc3ccccc3n21.O=c1[nH]cc(-c2cc(C3CC3)c3nccn3n2)c(=O)[nH]1. The molecule has 9 nitrogen and oxygen atoms in total. The average molecular weight is 495 g/mol. The number of imidazole rings is 2. The van der Waals surface area contributed by atoms with Crippen molar-refractivity contribution < 1.29 is 13.2 Å². The van der Waals surface area contributed by atoms with Crippen LogP contribution in [0.25, 0.3) is 27.9 Å². The van der Waals surface area contributed by atoms with E-state index in [1.165, 1.54) is 10.8 Å². The Labute approximate surface area is 200 Å². The van der Waals surface area contributed by atoms with E-state index in [2.05, 4.69) is 25.0 Å². The fraction of sp³-hybridized carbons (Fsp3) is 0.292. The van der Waals surface area contributed by atoms with E-state index in [1.54, 1.807) is 41.2 Å². The monoisotopic (exact) mass is 495 g/mol. The van der Waals surface area contributed by atoms with Gasteiger partial charge in [-0.25, -0.2) is 19.3 Å². The van der Waals surface area contributed by atoms with E-state index in [4.69, 9.17) is 0 Å². The number of fused-ring (bicyclic) bond motifs is 4. The Morgan fingerprint density at radius 2 is 1.89 bits per heavy atom. The van der Waals surface area contributed by atoms with Gasteiger partial charge in [0, 0.05) is 30.6 Å². The molecule has 12 heteroatoms. The summed E-state index contributed by atoms with van der Waals surface area (Å²) in [6.45, 7) is 0. The Morgan fingerprint density at radius 1 is 1.08 bits per heavy atom. The normalized spacial score (nSPS) is 17.2. The molecule has 2 aliphatic rings. The van der Waals surface area contributed by atoms with Crippen LogP contribution < -0.4 is 11.2 Å². The number of aromatic nitrogens is 7. The van der Waals surface area contributed by atoms with Crippen LogP contribution in [0.3, 0.4) is 0 Å². The first-order valence-corrected chi connectivity index (χ1v) is 11.5. The molecule has 1 unspecified atom stereocenters. The number of benzene rings is 1. The van der Waals surface area contributed by atoms with Crippen molar-refractivity contribution in [1.29, 1.82) is 0 Å². The predicted molar refractivity (Wildman–Crippen MR) is 125 cm³/mol. The Hall–Kier alpha value is -4.22. The molecule has 0 bridgehead atoms. The van der Waals surface area contributed by atoms with Gasteiger partial charge in [0.05, 0.1) is 22.3 Å². The average Bonchev–Trinajstić information content (AvgIpc) is 3.24. The van der Waals surface area contributed by atoms with Crippen LogP contribution in [0, 0.1) is 0 Å². The van der Waals surface area contributed by atoms with E-state index < -0.39 is 23.5 Å². The van der Waals surface area contributed by atoms with Crippen LogP contribution in [-0.4, -0.2) is 40.3 Å². The van der Waals surface area contributed by atoms with Gasteiger partial charge in [-0.05, 0) is 43.4 Å². The molecule has 1 aliphatic carbocycles. The molecule has 36 heavy (non-hydrogen) atoms. The lowest BCUT2D eigenvalue weighted by Crippen LogP contribution is -2.23. The first-order chi connectivity index (χ1) is 17.3. The molecule has 2 N–H and O–H groups in total. The zero-order valence-corrected chi connectivity index (χ0v) is 18.8. The van der Waals surface area contributed by atoms with Crippen LogP contribution in [0.5, 0.6) is 0 Å². The summed E-state index contributed by atoms with van der Waals surface area (Å²) in [6, 6.07) is 7.44. The number of hydrogen-bond acceptors (Lipinski definition) is 5. The minimum Gasteiger partial charge on any atom is -0.316 e. The number of hydrogen-bond donors (Lipinski definition) is 2. The van der Waals surface area contributed by atoms with Crippen molar-refractivity contribution in [3.63, 3.8) is 0 Å². The highest BCUT2D eigenvalue weighted by atomic mass is 19.4. The van der Waals surface area contributed by atoms with Gasteiger partial charge in [-0.15, -0.1) is 0 Å². The topological polar surface area (TPSA) is 114 Å². The van der Waals surface area contributed by atoms with Gasteiger partial charge in [0.25, 0.3) is 5.56 Å². The van der Waals surface area contributed by atoms with E-state index in [1.807, 2.05) is 6.07 Å². The van der Waals surface area contributed by atoms with Gasteiger partial charge in [-0.3, -0.25) is 9.78 Å². The van der Waals surface area contributed by atoms with Gasteiger partial charge in [0.15, 0.2) is 5.65 Å². The lowest BCUT2D eigenvalue weighted by molar-refractivity contribution is -0.164. The Balaban J connectivity index is 0.000000137. The summed E-state index contributed by atoms with van der Waals surface area (Å²) in [5, 5.41) is 4.38. The summed E-state index contributed by atoms with van der Waals surface area (Å²) in [6.07, 6.45) is 3.43. The first kappa shape index (κ1) is 22.3. The Kier molecular flexibility index (Phi) is 5.06. The summed E-state index contributed by atoms with van der Waals surface area (Å²) in [4.78, 5) is 36.2. The van der Waals surface area contributed by atoms with Gasteiger partial charge < -0.3 is 9.55 Å². The fourth-order valence-corrected chi connectivity index (χ4v) is 4.69. The van der Waals surface area contributed by atoms with E-state index in [0.717, 1.165) is 24.1 Å². The summed E-state index contributed by atoms with van der Waals surface area (Å²) in [5.41, 5.74) is 3.08. The molecule has 1 saturated carbocycles. The number of alkyl halides is 3. The van der Waals surface area contributed by atoms with E-state index >= 15 is 0 Å². The molecule has 1 aliphatic heterocycles. The molecule has 0 spiro atoms. The number of para-hydroxylation sites is 2. The second-order valence-corrected chi connectivity index (χ2v) is 8.92. The van der Waals surface area contributed by atoms with Crippen molar-refractivity contribution in [3.05, 3.63) is 81.1 Å². The van der Waals surface area contributed by atoms with Crippen LogP contribution in [0.15, 0.2) is 58.5 Å². The minimum absolute atomic E-state index is 0.108. The van der Waals surface area contributed by atoms with Crippen LogP contribution in [-0.2, 0) is 6.42 Å². The highest BCUT2D eigenvalue weighted by molar-refractivity contribution is 5.76. The maximum atomic E-state index is 12.8. The maximum absolute atomic E-state index is 12.8. The van der Waals surface area contributed by atoms with E-state index in [9.17, 15) is 22.8 Å². The molecule has 184 valence electrons. The van der Waals surface area contributed by atoms with Gasteiger partial charge in [-0.1, -0.05) is 12.1 Å². The summed E-state index contributed by atoms with van der Waals surface area (Å²) < 4.78 is 41.4. The predicted octanol–water partition coefficient (Wildman–Crippen LogP) is 3.74. The highest BCUT2D eigenvalue weighted by Gasteiger charge is 2.45. The molecule has 0 saturated heterocycles. The largest absolute Gasteiger partial charge is 0.409 e. The molecule has 7 rings (SSSR count). The molecule has 5 aromatic rings. The number of halogens is 3. The summed E-state index contributed by atoms with van der Waals surface area (Å²) in [7, 11) is 0. The molecular formula is C24H20F3N7O2. The molecule has 4 aromatic heterocycles. The van der Waals surface area contributed by atoms with Crippen LogP contribution in [0.4, 0.5) is 13.2 Å². The van der Waals surface area contributed by atoms with Crippen molar-refractivity contribution in [2.45, 2.75) is 43.8 Å². The van der Waals surface area contributed by atoms with Crippen LogP contribution >= 0.6 is 0 Å². The standard InChI is InChI=1S/C13H11N5O2.C11H9F3N2/c19-12-9(6-15-13(20)16-12)10-5-8(7-1-2-7)11-14-3-4-18(11)17-10;12-11(13,14)9-5-6-10-15-7-3-1-2-4-8(7)16(9)10/h3-7H,1-2H2,(H2,15,16,19,20);1-4,9H,5-6H2. The molecule has 5 heterocycles. The van der Waals surface area contributed by atoms with Gasteiger partial charge in [-0.2, -0.15) is 18.3 Å². The number of nitrogens with zero attached hydrogens (tertiary/aromatic N) is 5. The van der Waals surface area contributed by atoms with Crippen LogP contribution in [0.2, 0.25) is 0 Å². The number of H-pyrrole nitrogens is 2. The van der Waals surface area contributed by atoms with Crippen molar-refractivity contribution in [3.8, 4) is 11.3 Å². The third-order valence-electron chi connectivity index (χ3n) is 6.50. The lowest BCUT2D eigenvalue weighted by Gasteiger charge is -2.17. The van der Waals surface area contributed by atoms with Gasteiger partial charge in [0.2, 0.25) is 0 Å². The highest BCUT2D eigenvalue weighted by Crippen LogP contribution is 2.42. The second-order valence-electron chi connectivity index (χ2n) is 8.92. The van der Waals surface area contributed by atoms with Crippen molar-refractivity contribution in [1.82, 2.24) is 34.1 Å². The first-order valence-electron chi connectivity index (χ1n) is 11.5. The van der Waals surface area contributed by atoms with Gasteiger partial charge >= 0.3 is 11.9 Å². The molecule has 1 atom stereocenters. The van der Waals surface area contributed by atoms with E-state index in [-0.39, 0.29) is 6.42 Å². The molecule has 0 amide bonds. The number of aromatic amines is 2. The Morgan fingerprint density at radius 3 is 2.64 bits per heavy atom.